The highest BCUT2D eigenvalue weighted by molar-refractivity contribution is 5.49. The molecule has 1 N–H and O–H groups in total. The van der Waals surface area contributed by atoms with Crippen molar-refractivity contribution in [3.63, 3.8) is 0 Å². The molecule has 2 heteroatoms. The minimum atomic E-state index is 0.577. The van der Waals surface area contributed by atoms with Crippen LogP contribution in [0.25, 0.3) is 6.08 Å². The molecule has 0 aromatic heterocycles. The molecular weight excluding hydrogens is 222 g/mol. The maximum atomic E-state index is 5.61. The van der Waals surface area contributed by atoms with Crippen LogP contribution in [-0.2, 0) is 0 Å². The SMILES string of the molecule is CNc1ccc(OCC=Cc2ccccc2)cc1. The van der Waals surface area contributed by atoms with Crippen LogP contribution in [0.1, 0.15) is 5.56 Å². The predicted octanol–water partition coefficient (Wildman–Crippen LogP) is 3.82. The standard InChI is InChI=1S/C16H17NO/c1-17-15-9-11-16(12-10-15)18-13-5-8-14-6-3-2-4-7-14/h2-12,17H,13H2,1H3. The molecular formula is C16H17NO. The van der Waals surface area contributed by atoms with Gasteiger partial charge >= 0.3 is 0 Å². The average Bonchev–Trinajstić information content (AvgIpc) is 2.45. The van der Waals surface area contributed by atoms with Crippen LogP contribution < -0.4 is 10.1 Å². The van der Waals surface area contributed by atoms with Crippen LogP contribution in [0.4, 0.5) is 5.69 Å². The van der Waals surface area contributed by atoms with E-state index in [2.05, 4.69) is 23.5 Å². The van der Waals surface area contributed by atoms with Gasteiger partial charge in [0.1, 0.15) is 12.4 Å². The molecule has 0 aliphatic heterocycles. The Balaban J connectivity index is 1.83. The minimum absolute atomic E-state index is 0.577. The Morgan fingerprint density at radius 2 is 1.72 bits per heavy atom. The van der Waals surface area contributed by atoms with E-state index >= 15 is 0 Å². The number of ether oxygens (including phenoxy) is 1. The van der Waals surface area contributed by atoms with Gasteiger partial charge in [0.25, 0.3) is 0 Å². The summed E-state index contributed by atoms with van der Waals surface area (Å²) in [5, 5.41) is 3.07. The fourth-order valence-electron chi connectivity index (χ4n) is 1.61. The van der Waals surface area contributed by atoms with Gasteiger partial charge < -0.3 is 10.1 Å². The summed E-state index contributed by atoms with van der Waals surface area (Å²) in [6.07, 6.45) is 4.07. The summed E-state index contributed by atoms with van der Waals surface area (Å²) in [5.74, 6) is 0.881. The second-order valence-corrected chi connectivity index (χ2v) is 3.90. The first kappa shape index (κ1) is 12.2. The first-order valence-electron chi connectivity index (χ1n) is 6.01. The molecule has 0 spiro atoms. The highest BCUT2D eigenvalue weighted by atomic mass is 16.5. The van der Waals surface area contributed by atoms with Crippen molar-refractivity contribution in [3.8, 4) is 5.75 Å². The summed E-state index contributed by atoms with van der Waals surface area (Å²) in [6, 6.07) is 18.1. The van der Waals surface area contributed by atoms with Crippen molar-refractivity contribution in [3.05, 3.63) is 66.2 Å². The molecule has 2 rings (SSSR count). The zero-order chi connectivity index (χ0) is 12.6. The molecule has 18 heavy (non-hydrogen) atoms. The van der Waals surface area contributed by atoms with Crippen LogP contribution in [0, 0.1) is 0 Å². The minimum Gasteiger partial charge on any atom is -0.490 e. The van der Waals surface area contributed by atoms with Gasteiger partial charge in [-0.05, 0) is 35.9 Å². The molecule has 92 valence electrons. The first-order valence-corrected chi connectivity index (χ1v) is 6.01. The maximum absolute atomic E-state index is 5.61. The second-order valence-electron chi connectivity index (χ2n) is 3.90. The van der Waals surface area contributed by atoms with E-state index in [0.29, 0.717) is 6.61 Å². The fraction of sp³-hybridized carbons (Fsp3) is 0.125. The van der Waals surface area contributed by atoms with Gasteiger partial charge in [-0.15, -0.1) is 0 Å². The second kappa shape index (κ2) is 6.50. The van der Waals surface area contributed by atoms with Crippen molar-refractivity contribution in [1.29, 1.82) is 0 Å². The highest BCUT2D eigenvalue weighted by Gasteiger charge is 1.92. The number of anilines is 1. The molecule has 0 saturated carbocycles. The van der Waals surface area contributed by atoms with E-state index in [4.69, 9.17) is 4.74 Å². The van der Waals surface area contributed by atoms with Crippen LogP contribution >= 0.6 is 0 Å². The largest absolute Gasteiger partial charge is 0.490 e. The van der Waals surface area contributed by atoms with Gasteiger partial charge in [-0.2, -0.15) is 0 Å². The van der Waals surface area contributed by atoms with Gasteiger partial charge in [0.2, 0.25) is 0 Å². The van der Waals surface area contributed by atoms with E-state index < -0.39 is 0 Å². The molecule has 0 amide bonds. The summed E-state index contributed by atoms with van der Waals surface area (Å²) < 4.78 is 5.61. The smallest absolute Gasteiger partial charge is 0.119 e. The third-order valence-corrected chi connectivity index (χ3v) is 2.60. The van der Waals surface area contributed by atoms with Gasteiger partial charge in [0.15, 0.2) is 0 Å². The van der Waals surface area contributed by atoms with E-state index in [-0.39, 0.29) is 0 Å². The normalized spacial score (nSPS) is 10.5. The van der Waals surface area contributed by atoms with Crippen LogP contribution in [-0.4, -0.2) is 13.7 Å². The van der Waals surface area contributed by atoms with Gasteiger partial charge in [0, 0.05) is 12.7 Å². The summed E-state index contributed by atoms with van der Waals surface area (Å²) in [4.78, 5) is 0. The summed E-state index contributed by atoms with van der Waals surface area (Å²) in [5.41, 5.74) is 2.27. The lowest BCUT2D eigenvalue weighted by Crippen LogP contribution is -1.93. The lowest BCUT2D eigenvalue weighted by molar-refractivity contribution is 0.363. The number of benzene rings is 2. The Morgan fingerprint density at radius 1 is 1.00 bits per heavy atom. The number of hydrogen-bond acceptors (Lipinski definition) is 2. The lowest BCUT2D eigenvalue weighted by atomic mass is 10.2. The maximum Gasteiger partial charge on any atom is 0.119 e. The van der Waals surface area contributed by atoms with Crippen molar-refractivity contribution in [2.24, 2.45) is 0 Å². The molecule has 0 bridgehead atoms. The van der Waals surface area contributed by atoms with Crippen LogP contribution in [0.5, 0.6) is 5.75 Å². The average molecular weight is 239 g/mol. The molecule has 0 fully saturated rings. The Bertz CT molecular complexity index is 488. The molecule has 2 nitrogen and oxygen atoms in total. The molecule has 0 unspecified atom stereocenters. The van der Waals surface area contributed by atoms with Crippen LogP contribution in [0.15, 0.2) is 60.7 Å². The van der Waals surface area contributed by atoms with Gasteiger partial charge in [0.05, 0.1) is 0 Å². The highest BCUT2D eigenvalue weighted by Crippen LogP contribution is 2.15. The van der Waals surface area contributed by atoms with Gasteiger partial charge in [-0.25, -0.2) is 0 Å². The van der Waals surface area contributed by atoms with Crippen molar-refractivity contribution < 1.29 is 4.74 Å². The van der Waals surface area contributed by atoms with Crippen molar-refractivity contribution in [2.75, 3.05) is 19.0 Å². The molecule has 0 saturated heterocycles. The molecule has 0 aliphatic rings. The van der Waals surface area contributed by atoms with E-state index in [1.807, 2.05) is 55.6 Å². The van der Waals surface area contributed by atoms with Crippen molar-refractivity contribution in [2.45, 2.75) is 0 Å². The Hall–Kier alpha value is -2.22. The quantitative estimate of drug-likeness (QED) is 0.856. The van der Waals surface area contributed by atoms with E-state index in [1.165, 1.54) is 5.56 Å². The third kappa shape index (κ3) is 3.67. The molecule has 0 heterocycles. The first-order chi connectivity index (χ1) is 8.88. The van der Waals surface area contributed by atoms with E-state index in [9.17, 15) is 0 Å². The predicted molar refractivity (Wildman–Crippen MR) is 77.0 cm³/mol. The third-order valence-electron chi connectivity index (χ3n) is 2.60. The zero-order valence-corrected chi connectivity index (χ0v) is 10.5. The van der Waals surface area contributed by atoms with E-state index in [0.717, 1.165) is 11.4 Å². The fourth-order valence-corrected chi connectivity index (χ4v) is 1.61. The van der Waals surface area contributed by atoms with E-state index in [1.54, 1.807) is 0 Å². The Morgan fingerprint density at radius 3 is 2.39 bits per heavy atom. The van der Waals surface area contributed by atoms with Gasteiger partial charge in [-0.1, -0.05) is 36.4 Å². The monoisotopic (exact) mass is 239 g/mol. The van der Waals surface area contributed by atoms with Gasteiger partial charge in [-0.3, -0.25) is 0 Å². The number of rotatable bonds is 5. The van der Waals surface area contributed by atoms with Crippen molar-refractivity contribution in [1.82, 2.24) is 0 Å². The molecule has 0 radical (unpaired) electrons. The summed E-state index contributed by atoms with van der Waals surface area (Å²) in [6.45, 7) is 0.577. The van der Waals surface area contributed by atoms with Crippen molar-refractivity contribution >= 4 is 11.8 Å². The number of nitrogens with one attached hydrogen (secondary N) is 1. The summed E-state index contributed by atoms with van der Waals surface area (Å²) in [7, 11) is 1.90. The topological polar surface area (TPSA) is 21.3 Å². The molecule has 0 aliphatic carbocycles. The zero-order valence-electron chi connectivity index (χ0n) is 10.5. The number of hydrogen-bond donors (Lipinski definition) is 1. The Labute approximate surface area is 108 Å². The molecule has 2 aromatic carbocycles. The Kier molecular flexibility index (Phi) is 4.42. The van der Waals surface area contributed by atoms with Crippen LogP contribution in [0.3, 0.4) is 0 Å². The lowest BCUT2D eigenvalue weighted by Gasteiger charge is -2.04. The van der Waals surface area contributed by atoms with Crippen LogP contribution in [0.2, 0.25) is 0 Å². The summed E-state index contributed by atoms with van der Waals surface area (Å²) >= 11 is 0. The molecule has 2 aromatic rings. The molecule has 0 atom stereocenters.